The van der Waals surface area contributed by atoms with Gasteiger partial charge in [-0.05, 0) is 13.8 Å². The molecule has 0 fully saturated rings. The second-order valence-corrected chi connectivity index (χ2v) is 3.85. The lowest BCUT2D eigenvalue weighted by Crippen LogP contribution is -2.07. The fourth-order valence-corrected chi connectivity index (χ4v) is 1.65. The molecular weight excluding hydrogens is 220 g/mol. The third kappa shape index (κ3) is 1.87. The number of carboxylic acid groups (broad SMARTS) is 1. The van der Waals surface area contributed by atoms with Gasteiger partial charge in [0.25, 0.3) is 0 Å². The molecule has 17 heavy (non-hydrogen) atoms. The van der Waals surface area contributed by atoms with Gasteiger partial charge in [0.1, 0.15) is 0 Å². The van der Waals surface area contributed by atoms with Crippen LogP contribution in [0.1, 0.15) is 21.7 Å². The average Bonchev–Trinajstić information content (AvgIpc) is 2.55. The molecule has 0 aliphatic heterocycles. The van der Waals surface area contributed by atoms with Crippen molar-refractivity contribution >= 4 is 5.97 Å². The molecule has 1 aromatic carbocycles. The van der Waals surface area contributed by atoms with Crippen molar-refractivity contribution in [1.29, 1.82) is 0 Å². The van der Waals surface area contributed by atoms with Crippen LogP contribution in [0, 0.1) is 13.8 Å². The highest BCUT2D eigenvalue weighted by molar-refractivity contribution is 5.88. The number of benzene rings is 1. The molecule has 2 aromatic rings. The van der Waals surface area contributed by atoms with Crippen LogP contribution in [0.4, 0.5) is 0 Å². The van der Waals surface area contributed by atoms with Crippen LogP contribution in [0.25, 0.3) is 11.4 Å². The highest BCUT2D eigenvalue weighted by Crippen LogP contribution is 2.21. The van der Waals surface area contributed by atoms with E-state index in [1.165, 1.54) is 0 Å². The highest BCUT2D eigenvalue weighted by Gasteiger charge is 2.20. The Morgan fingerprint density at radius 1 is 1.24 bits per heavy atom. The number of aromatic carboxylic acids is 1. The van der Waals surface area contributed by atoms with Crippen LogP contribution in [-0.2, 0) is 0 Å². The molecule has 2 rings (SSSR count). The average molecular weight is 232 g/mol. The number of aryl methyl sites for hydroxylation is 2. The van der Waals surface area contributed by atoms with E-state index in [1.54, 1.807) is 19.1 Å². The van der Waals surface area contributed by atoms with E-state index in [-0.39, 0.29) is 17.2 Å². The molecule has 1 heterocycles. The zero-order valence-electron chi connectivity index (χ0n) is 9.51. The van der Waals surface area contributed by atoms with Gasteiger partial charge in [-0.15, -0.1) is 0 Å². The van der Waals surface area contributed by atoms with Crippen molar-refractivity contribution in [3.05, 3.63) is 41.2 Å². The van der Waals surface area contributed by atoms with Gasteiger partial charge >= 0.3 is 5.97 Å². The monoisotopic (exact) mass is 232 g/mol. The first kappa shape index (κ1) is 11.2. The van der Waals surface area contributed by atoms with Gasteiger partial charge in [0, 0.05) is 5.56 Å². The fourth-order valence-electron chi connectivity index (χ4n) is 1.65. The third-order valence-corrected chi connectivity index (χ3v) is 2.54. The van der Waals surface area contributed by atoms with Crippen molar-refractivity contribution in [2.75, 3.05) is 0 Å². The molecule has 0 spiro atoms. The maximum Gasteiger partial charge on any atom is 0.357 e. The summed E-state index contributed by atoms with van der Waals surface area (Å²) in [5.74, 6) is -0.962. The van der Waals surface area contributed by atoms with Gasteiger partial charge in [-0.2, -0.15) is 4.73 Å². The third-order valence-electron chi connectivity index (χ3n) is 2.54. The summed E-state index contributed by atoms with van der Waals surface area (Å²) in [6, 6.07) is 7.32. The number of imidazole rings is 1. The lowest BCUT2D eigenvalue weighted by atomic mass is 10.1. The molecule has 1 aromatic heterocycles. The Hall–Kier alpha value is -2.30. The standard InChI is InChI=1S/C12H12N2O3/c1-7-3-5-9(6-4-7)11-13-8(2)10(12(15)16)14(11)17/h3-6,17H,1-2H3,(H,15,16). The molecule has 0 amide bonds. The number of rotatable bonds is 2. The van der Waals surface area contributed by atoms with Crippen LogP contribution in [0.3, 0.4) is 0 Å². The first-order valence-electron chi connectivity index (χ1n) is 5.09. The largest absolute Gasteiger partial charge is 0.476 e. The molecule has 0 aliphatic rings. The number of carbonyl (C=O) groups is 1. The smallest absolute Gasteiger partial charge is 0.357 e. The minimum atomic E-state index is -1.20. The zero-order chi connectivity index (χ0) is 12.6. The van der Waals surface area contributed by atoms with Crippen molar-refractivity contribution in [2.24, 2.45) is 0 Å². The van der Waals surface area contributed by atoms with E-state index < -0.39 is 5.97 Å². The van der Waals surface area contributed by atoms with E-state index in [0.717, 1.165) is 5.56 Å². The lowest BCUT2D eigenvalue weighted by Gasteiger charge is -2.02. The van der Waals surface area contributed by atoms with Gasteiger partial charge in [-0.3, -0.25) is 0 Å². The Kier molecular flexibility index (Phi) is 2.59. The van der Waals surface area contributed by atoms with Crippen LogP contribution in [0.2, 0.25) is 0 Å². The number of hydrogen-bond donors (Lipinski definition) is 2. The number of carboxylic acids is 1. The topological polar surface area (TPSA) is 75.3 Å². The Labute approximate surface area is 97.9 Å². The summed E-state index contributed by atoms with van der Waals surface area (Å²) in [4.78, 5) is 15.0. The molecule has 5 heteroatoms. The molecule has 0 unspecified atom stereocenters. The van der Waals surface area contributed by atoms with Crippen LogP contribution in [0.5, 0.6) is 0 Å². The van der Waals surface area contributed by atoms with E-state index in [0.29, 0.717) is 10.3 Å². The molecule has 0 saturated carbocycles. The highest BCUT2D eigenvalue weighted by atomic mass is 16.5. The lowest BCUT2D eigenvalue weighted by molar-refractivity contribution is 0.0645. The van der Waals surface area contributed by atoms with E-state index in [1.807, 2.05) is 19.1 Å². The Morgan fingerprint density at radius 2 is 1.82 bits per heavy atom. The van der Waals surface area contributed by atoms with Crippen molar-refractivity contribution in [3.8, 4) is 11.4 Å². The van der Waals surface area contributed by atoms with Crippen LogP contribution in [-0.4, -0.2) is 26.0 Å². The summed E-state index contributed by atoms with van der Waals surface area (Å²) >= 11 is 0. The number of hydrogen-bond acceptors (Lipinski definition) is 3. The predicted octanol–water partition coefficient (Wildman–Crippen LogP) is 2.10. The summed E-state index contributed by atoms with van der Waals surface area (Å²) < 4.78 is 0.613. The predicted molar refractivity (Wildman–Crippen MR) is 61.3 cm³/mol. The molecule has 2 N–H and O–H groups in total. The van der Waals surface area contributed by atoms with Crippen molar-refractivity contribution in [2.45, 2.75) is 13.8 Å². The Morgan fingerprint density at radius 3 is 2.29 bits per heavy atom. The van der Waals surface area contributed by atoms with Gasteiger partial charge in [-0.1, -0.05) is 29.8 Å². The normalized spacial score (nSPS) is 10.5. The molecule has 88 valence electrons. The van der Waals surface area contributed by atoms with Gasteiger partial charge < -0.3 is 10.3 Å². The quantitative estimate of drug-likeness (QED) is 0.777. The minimum Gasteiger partial charge on any atom is -0.476 e. The summed E-state index contributed by atoms with van der Waals surface area (Å²) in [6.45, 7) is 3.50. The number of nitrogens with zero attached hydrogens (tertiary/aromatic N) is 2. The SMILES string of the molecule is Cc1ccc(-c2nc(C)c(C(=O)O)n2O)cc1. The zero-order valence-corrected chi connectivity index (χ0v) is 9.51. The van der Waals surface area contributed by atoms with Crippen molar-refractivity contribution in [3.63, 3.8) is 0 Å². The molecule has 0 saturated heterocycles. The maximum absolute atomic E-state index is 10.9. The van der Waals surface area contributed by atoms with E-state index in [2.05, 4.69) is 4.98 Å². The second kappa shape index (κ2) is 3.93. The first-order chi connectivity index (χ1) is 8.00. The van der Waals surface area contributed by atoms with E-state index >= 15 is 0 Å². The van der Waals surface area contributed by atoms with Crippen LogP contribution < -0.4 is 0 Å². The minimum absolute atomic E-state index is 0.208. The summed E-state index contributed by atoms with van der Waals surface area (Å²) in [5.41, 5.74) is 1.84. The van der Waals surface area contributed by atoms with Gasteiger partial charge in [0.15, 0.2) is 11.5 Å². The molecule has 5 nitrogen and oxygen atoms in total. The fraction of sp³-hybridized carbons (Fsp3) is 0.167. The maximum atomic E-state index is 10.9. The Bertz CT molecular complexity index is 570. The molecule has 0 atom stereocenters. The molecule has 0 radical (unpaired) electrons. The van der Waals surface area contributed by atoms with Gasteiger partial charge in [-0.25, -0.2) is 9.78 Å². The first-order valence-corrected chi connectivity index (χ1v) is 5.09. The van der Waals surface area contributed by atoms with Crippen molar-refractivity contribution < 1.29 is 15.1 Å². The van der Waals surface area contributed by atoms with E-state index in [9.17, 15) is 10.0 Å². The van der Waals surface area contributed by atoms with Gasteiger partial charge in [0.2, 0.25) is 0 Å². The summed E-state index contributed by atoms with van der Waals surface area (Å²) in [6.07, 6.45) is 0. The molecule has 0 aliphatic carbocycles. The van der Waals surface area contributed by atoms with Crippen LogP contribution in [0.15, 0.2) is 24.3 Å². The molecular formula is C12H12N2O3. The summed E-state index contributed by atoms with van der Waals surface area (Å²) in [7, 11) is 0. The van der Waals surface area contributed by atoms with Gasteiger partial charge in [0.05, 0.1) is 5.69 Å². The summed E-state index contributed by atoms with van der Waals surface area (Å²) in [5, 5.41) is 18.7. The number of aromatic nitrogens is 2. The Balaban J connectivity index is 2.57. The molecule has 0 bridgehead atoms. The second-order valence-electron chi connectivity index (χ2n) is 3.85. The van der Waals surface area contributed by atoms with Crippen LogP contribution >= 0.6 is 0 Å². The van der Waals surface area contributed by atoms with Crippen molar-refractivity contribution in [1.82, 2.24) is 9.71 Å². The van der Waals surface area contributed by atoms with E-state index in [4.69, 9.17) is 5.11 Å².